The van der Waals surface area contributed by atoms with Crippen molar-refractivity contribution in [3.05, 3.63) is 0 Å². The van der Waals surface area contributed by atoms with Crippen LogP contribution in [0.4, 0.5) is 0 Å². The Balaban J connectivity index is 1.98. The molecule has 28 heavy (non-hydrogen) atoms. The summed E-state index contributed by atoms with van der Waals surface area (Å²) in [6.45, 7) is 8.73. The number of hydrogen-bond acceptors (Lipinski definition) is 8. The Kier molecular flexibility index (Phi) is 6.75. The minimum Gasteiger partial charge on any atom is -0.465 e. The van der Waals surface area contributed by atoms with Gasteiger partial charge in [-0.15, -0.1) is 0 Å². The molecule has 0 radical (unpaired) electrons. The molecule has 1 fully saturated rings. The third-order valence-electron chi connectivity index (χ3n) is 5.24. The maximum atomic E-state index is 13.0. The van der Waals surface area contributed by atoms with Gasteiger partial charge < -0.3 is 19.6 Å². The van der Waals surface area contributed by atoms with Gasteiger partial charge in [0.1, 0.15) is 11.4 Å². The molecule has 1 unspecified atom stereocenters. The summed E-state index contributed by atoms with van der Waals surface area (Å²) in [6.07, 6.45) is 0.295. The molecule has 9 nitrogen and oxygen atoms in total. The molecule has 0 aromatic rings. The van der Waals surface area contributed by atoms with E-state index in [9.17, 15) is 18.0 Å². The van der Waals surface area contributed by atoms with Gasteiger partial charge in [-0.05, 0) is 26.7 Å². The average molecular weight is 419 g/mol. The van der Waals surface area contributed by atoms with Crippen molar-refractivity contribution < 1.29 is 32.3 Å². The number of carbonyl (C=O) groups excluding carboxylic acids is 2. The Hall–Kier alpha value is -1.68. The average Bonchev–Trinajstić information content (AvgIpc) is 3.10. The summed E-state index contributed by atoms with van der Waals surface area (Å²) in [4.78, 5) is 29.1. The zero-order valence-electron chi connectivity index (χ0n) is 17.1. The number of ether oxygens (including phenoxy) is 2. The molecule has 2 heterocycles. The second kappa shape index (κ2) is 8.36. The lowest BCUT2D eigenvalue weighted by atomic mass is 9.86. The number of hydrogen-bond donors (Lipinski definition) is 1. The molecule has 0 bridgehead atoms. The van der Waals surface area contributed by atoms with E-state index in [1.807, 2.05) is 13.8 Å². The van der Waals surface area contributed by atoms with Gasteiger partial charge in [-0.2, -0.15) is 0 Å². The first-order valence-corrected chi connectivity index (χ1v) is 10.9. The van der Waals surface area contributed by atoms with Crippen LogP contribution in [0.1, 0.15) is 53.9 Å². The smallest absolute Gasteiger partial charge is 0.302 e. The molecule has 160 valence electrons. The van der Waals surface area contributed by atoms with E-state index in [-0.39, 0.29) is 13.0 Å². The Morgan fingerprint density at radius 3 is 2.39 bits per heavy atom. The molecule has 1 amide bonds. The van der Waals surface area contributed by atoms with Crippen LogP contribution in [0.15, 0.2) is 5.16 Å². The van der Waals surface area contributed by atoms with E-state index in [0.29, 0.717) is 31.8 Å². The van der Waals surface area contributed by atoms with Crippen LogP contribution >= 0.6 is 0 Å². The predicted molar refractivity (Wildman–Crippen MR) is 102 cm³/mol. The second-order valence-electron chi connectivity index (χ2n) is 8.34. The Morgan fingerprint density at radius 1 is 1.21 bits per heavy atom. The normalized spacial score (nSPS) is 21.6. The predicted octanol–water partition coefficient (Wildman–Crippen LogP) is 1.17. The molecule has 10 heteroatoms. The standard InChI is InChI=1S/C18H30N2O7S/c1-12(21)26-11-17(2,3)14-10-15(27-20-14)19-16(22)18(4,5)28(23,24)13-6-8-25-9-7-13/h13,15H,6-11H2,1-5H3,(H,19,22). The molecule has 2 rings (SSSR count). The van der Waals surface area contributed by atoms with E-state index in [1.54, 1.807) is 0 Å². The largest absolute Gasteiger partial charge is 0.465 e. The summed E-state index contributed by atoms with van der Waals surface area (Å²) in [7, 11) is -3.71. The van der Waals surface area contributed by atoms with E-state index in [1.165, 1.54) is 20.8 Å². The number of oxime groups is 1. The van der Waals surface area contributed by atoms with Gasteiger partial charge in [0.05, 0.1) is 11.0 Å². The second-order valence-corrected chi connectivity index (χ2v) is 11.1. The molecular formula is C18H30N2O7S. The van der Waals surface area contributed by atoms with Crippen molar-refractivity contribution in [3.8, 4) is 0 Å². The number of amides is 1. The summed E-state index contributed by atoms with van der Waals surface area (Å²) in [5.41, 5.74) is 0.0682. The molecule has 1 atom stereocenters. The van der Waals surface area contributed by atoms with Crippen LogP contribution in [0.3, 0.4) is 0 Å². The summed E-state index contributed by atoms with van der Waals surface area (Å²) in [5.74, 6) is -1.02. The highest BCUT2D eigenvalue weighted by Gasteiger charge is 2.47. The summed E-state index contributed by atoms with van der Waals surface area (Å²) >= 11 is 0. The zero-order valence-corrected chi connectivity index (χ0v) is 17.9. The van der Waals surface area contributed by atoms with Crippen molar-refractivity contribution in [1.82, 2.24) is 5.32 Å². The quantitative estimate of drug-likeness (QED) is 0.616. The SMILES string of the molecule is CC(=O)OCC(C)(C)C1=NOC(NC(=O)C(C)(C)S(=O)(=O)C2CCOCC2)C1. The number of esters is 1. The fraction of sp³-hybridized carbons (Fsp3) is 0.833. The molecule has 0 saturated carbocycles. The fourth-order valence-electron chi connectivity index (χ4n) is 3.07. The van der Waals surface area contributed by atoms with E-state index in [4.69, 9.17) is 14.3 Å². The molecule has 0 aromatic heterocycles. The summed E-state index contributed by atoms with van der Waals surface area (Å²) < 4.78 is 34.6. The van der Waals surface area contributed by atoms with Crippen molar-refractivity contribution in [2.24, 2.45) is 10.6 Å². The molecule has 0 aliphatic carbocycles. The first-order chi connectivity index (χ1) is 12.9. The van der Waals surface area contributed by atoms with Crippen molar-refractivity contribution >= 4 is 27.4 Å². The zero-order chi connectivity index (χ0) is 21.2. The third-order valence-corrected chi connectivity index (χ3v) is 8.20. The van der Waals surface area contributed by atoms with Crippen LogP contribution in [0.5, 0.6) is 0 Å². The molecule has 1 saturated heterocycles. The van der Waals surface area contributed by atoms with Crippen LogP contribution < -0.4 is 5.32 Å². The lowest BCUT2D eigenvalue weighted by Crippen LogP contribution is -2.54. The van der Waals surface area contributed by atoms with Gasteiger partial charge in [0.2, 0.25) is 12.1 Å². The number of sulfone groups is 1. The van der Waals surface area contributed by atoms with Crippen molar-refractivity contribution in [1.29, 1.82) is 0 Å². The lowest BCUT2D eigenvalue weighted by molar-refractivity contribution is -0.142. The van der Waals surface area contributed by atoms with Gasteiger partial charge in [-0.1, -0.05) is 19.0 Å². The number of nitrogens with zero attached hydrogens (tertiary/aromatic N) is 1. The topological polar surface area (TPSA) is 120 Å². The molecule has 1 N–H and O–H groups in total. The molecule has 0 spiro atoms. The number of carbonyl (C=O) groups is 2. The number of nitrogens with one attached hydrogen (secondary N) is 1. The van der Waals surface area contributed by atoms with E-state index >= 15 is 0 Å². The van der Waals surface area contributed by atoms with Crippen LogP contribution in [0.25, 0.3) is 0 Å². The van der Waals surface area contributed by atoms with Gasteiger partial charge >= 0.3 is 5.97 Å². The minimum atomic E-state index is -3.71. The Labute approximate surface area is 166 Å². The van der Waals surface area contributed by atoms with Gasteiger partial charge in [0.15, 0.2) is 9.84 Å². The first-order valence-electron chi connectivity index (χ1n) is 9.36. The summed E-state index contributed by atoms with van der Waals surface area (Å²) in [5, 5.41) is 6.04. The van der Waals surface area contributed by atoms with Crippen LogP contribution in [0, 0.1) is 5.41 Å². The molecule has 0 aromatic carbocycles. The monoisotopic (exact) mass is 418 g/mol. The Morgan fingerprint density at radius 2 is 1.82 bits per heavy atom. The van der Waals surface area contributed by atoms with E-state index in [0.717, 1.165) is 0 Å². The third kappa shape index (κ3) is 4.83. The van der Waals surface area contributed by atoms with Gasteiger partial charge in [-0.25, -0.2) is 8.42 Å². The molecule has 2 aliphatic heterocycles. The molecular weight excluding hydrogens is 388 g/mol. The van der Waals surface area contributed by atoms with Gasteiger partial charge in [0.25, 0.3) is 0 Å². The first kappa shape index (κ1) is 22.6. The van der Waals surface area contributed by atoms with Crippen LogP contribution in [-0.4, -0.2) is 62.1 Å². The Bertz CT molecular complexity index is 737. The van der Waals surface area contributed by atoms with Crippen molar-refractivity contribution in [2.75, 3.05) is 19.8 Å². The lowest BCUT2D eigenvalue weighted by Gasteiger charge is -2.31. The van der Waals surface area contributed by atoms with Crippen molar-refractivity contribution in [2.45, 2.75) is 70.1 Å². The summed E-state index contributed by atoms with van der Waals surface area (Å²) in [6, 6.07) is 0. The van der Waals surface area contributed by atoms with Gasteiger partial charge in [-0.3, -0.25) is 9.59 Å². The van der Waals surface area contributed by atoms with Crippen LogP contribution in [-0.2, 0) is 33.7 Å². The highest BCUT2D eigenvalue weighted by molar-refractivity contribution is 7.94. The maximum absolute atomic E-state index is 13.0. The maximum Gasteiger partial charge on any atom is 0.302 e. The molecule has 2 aliphatic rings. The minimum absolute atomic E-state index is 0.134. The van der Waals surface area contributed by atoms with Gasteiger partial charge in [0, 0.05) is 32.0 Å². The van der Waals surface area contributed by atoms with Crippen molar-refractivity contribution in [3.63, 3.8) is 0 Å². The number of rotatable bonds is 7. The fourth-order valence-corrected chi connectivity index (χ4v) is 5.04. The van der Waals surface area contributed by atoms with E-state index < -0.39 is 43.4 Å². The highest BCUT2D eigenvalue weighted by atomic mass is 32.2. The highest BCUT2D eigenvalue weighted by Crippen LogP contribution is 2.29. The van der Waals surface area contributed by atoms with Crippen LogP contribution in [0.2, 0.25) is 0 Å². The van der Waals surface area contributed by atoms with E-state index in [2.05, 4.69) is 10.5 Å².